The lowest BCUT2D eigenvalue weighted by atomic mass is 9.92. The number of aromatic amines is 2. The molecule has 0 bridgehead atoms. The van der Waals surface area contributed by atoms with Crippen LogP contribution in [0.4, 0.5) is 5.82 Å². The van der Waals surface area contributed by atoms with Crippen LogP contribution in [0, 0.1) is 0 Å². The molecule has 0 fully saturated rings. The van der Waals surface area contributed by atoms with Crippen molar-refractivity contribution in [1.82, 2.24) is 20.3 Å². The first-order valence-corrected chi connectivity index (χ1v) is 7.83. The molecule has 0 aliphatic carbocycles. The van der Waals surface area contributed by atoms with Crippen molar-refractivity contribution in [2.24, 2.45) is 0 Å². The predicted molar refractivity (Wildman–Crippen MR) is 91.0 cm³/mol. The molecule has 4 N–H and O–H groups in total. The molecule has 0 spiro atoms. The molecule has 3 aromatic rings. The molecule has 25 heavy (non-hydrogen) atoms. The van der Waals surface area contributed by atoms with Crippen molar-refractivity contribution in [2.45, 2.75) is 18.9 Å². The van der Waals surface area contributed by atoms with Gasteiger partial charge >= 0.3 is 5.69 Å². The van der Waals surface area contributed by atoms with E-state index in [1.807, 2.05) is 6.07 Å². The van der Waals surface area contributed by atoms with Crippen molar-refractivity contribution in [2.75, 3.05) is 5.32 Å². The van der Waals surface area contributed by atoms with Crippen molar-refractivity contribution >= 4 is 28.7 Å². The number of imidazole rings is 1. The van der Waals surface area contributed by atoms with Gasteiger partial charge in [0.15, 0.2) is 0 Å². The molecule has 0 radical (unpaired) electrons. The van der Waals surface area contributed by atoms with E-state index >= 15 is 0 Å². The van der Waals surface area contributed by atoms with Crippen molar-refractivity contribution in [3.8, 4) is 0 Å². The van der Waals surface area contributed by atoms with E-state index < -0.39 is 5.92 Å². The van der Waals surface area contributed by atoms with E-state index in [1.54, 1.807) is 30.5 Å². The first-order chi connectivity index (χ1) is 12.1. The van der Waals surface area contributed by atoms with Crippen LogP contribution in [0.3, 0.4) is 0 Å². The van der Waals surface area contributed by atoms with Crippen molar-refractivity contribution in [3.63, 3.8) is 0 Å². The molecule has 4 rings (SSSR count). The molecule has 1 atom stereocenters. The van der Waals surface area contributed by atoms with Gasteiger partial charge in [0.05, 0.1) is 17.0 Å². The number of pyridine rings is 1. The summed E-state index contributed by atoms with van der Waals surface area (Å²) in [5.41, 5.74) is 2.69. The minimum atomic E-state index is -0.562. The van der Waals surface area contributed by atoms with Gasteiger partial charge in [0.2, 0.25) is 11.8 Å². The first-order valence-electron chi connectivity index (χ1n) is 7.83. The fraction of sp³-hybridized carbons (Fsp3) is 0.176. The van der Waals surface area contributed by atoms with E-state index in [-0.39, 0.29) is 23.9 Å². The van der Waals surface area contributed by atoms with Crippen LogP contribution in [0.5, 0.6) is 0 Å². The quantitative estimate of drug-likeness (QED) is 0.570. The Morgan fingerprint density at radius 1 is 1.20 bits per heavy atom. The number of aromatic nitrogens is 3. The SMILES string of the molecule is O=C1CC(C(=O)NCc2ccc3[nH]c(=O)[nH]c3c2)c2cccnc2N1. The second kappa shape index (κ2) is 5.90. The lowest BCUT2D eigenvalue weighted by molar-refractivity contribution is -0.126. The molecule has 2 aromatic heterocycles. The van der Waals surface area contributed by atoms with Crippen molar-refractivity contribution in [3.05, 3.63) is 58.1 Å². The Morgan fingerprint density at radius 2 is 2.04 bits per heavy atom. The maximum atomic E-state index is 12.6. The summed E-state index contributed by atoms with van der Waals surface area (Å²) >= 11 is 0. The van der Waals surface area contributed by atoms with E-state index in [2.05, 4.69) is 25.6 Å². The van der Waals surface area contributed by atoms with Gasteiger partial charge in [-0.05, 0) is 23.8 Å². The molecule has 3 heterocycles. The van der Waals surface area contributed by atoms with Gasteiger partial charge in [-0.2, -0.15) is 0 Å². The Bertz CT molecular complexity index is 1040. The van der Waals surface area contributed by atoms with Crippen LogP contribution in [-0.4, -0.2) is 26.8 Å². The average molecular weight is 337 g/mol. The molecule has 1 aliphatic heterocycles. The number of H-pyrrole nitrogens is 2. The topological polar surface area (TPSA) is 120 Å². The summed E-state index contributed by atoms with van der Waals surface area (Å²) < 4.78 is 0. The molecule has 1 unspecified atom stereocenters. The Morgan fingerprint density at radius 3 is 2.92 bits per heavy atom. The summed E-state index contributed by atoms with van der Waals surface area (Å²) in [5.74, 6) is -0.581. The second-order valence-electron chi connectivity index (χ2n) is 5.92. The smallest absolute Gasteiger partial charge is 0.323 e. The molecular formula is C17H15N5O3. The van der Waals surface area contributed by atoms with Gasteiger partial charge in [0.25, 0.3) is 0 Å². The zero-order valence-electron chi connectivity index (χ0n) is 13.1. The van der Waals surface area contributed by atoms with E-state index in [0.717, 1.165) is 5.56 Å². The van der Waals surface area contributed by atoms with Crippen LogP contribution < -0.4 is 16.3 Å². The number of benzene rings is 1. The number of anilines is 1. The lowest BCUT2D eigenvalue weighted by Crippen LogP contribution is -2.35. The summed E-state index contributed by atoms with van der Waals surface area (Å²) in [6.45, 7) is 0.301. The molecular weight excluding hydrogens is 322 g/mol. The zero-order chi connectivity index (χ0) is 17.4. The summed E-state index contributed by atoms with van der Waals surface area (Å²) in [7, 11) is 0. The third-order valence-corrected chi connectivity index (χ3v) is 4.23. The highest BCUT2D eigenvalue weighted by Crippen LogP contribution is 2.30. The van der Waals surface area contributed by atoms with Crippen molar-refractivity contribution < 1.29 is 9.59 Å². The van der Waals surface area contributed by atoms with Gasteiger partial charge in [-0.25, -0.2) is 9.78 Å². The Hall–Kier alpha value is -3.42. The molecule has 8 nitrogen and oxygen atoms in total. The van der Waals surface area contributed by atoms with Crippen LogP contribution in [0.2, 0.25) is 0 Å². The maximum Gasteiger partial charge on any atom is 0.323 e. The van der Waals surface area contributed by atoms with Crippen molar-refractivity contribution in [1.29, 1.82) is 0 Å². The highest BCUT2D eigenvalue weighted by atomic mass is 16.2. The fourth-order valence-corrected chi connectivity index (χ4v) is 3.02. The third kappa shape index (κ3) is 2.89. The Labute approximate surface area is 141 Å². The van der Waals surface area contributed by atoms with Crippen LogP contribution in [0.1, 0.15) is 23.5 Å². The fourth-order valence-electron chi connectivity index (χ4n) is 3.02. The second-order valence-corrected chi connectivity index (χ2v) is 5.92. The summed E-state index contributed by atoms with van der Waals surface area (Å²) in [6.07, 6.45) is 1.67. The molecule has 126 valence electrons. The summed E-state index contributed by atoms with van der Waals surface area (Å²) in [4.78, 5) is 45.1. The zero-order valence-corrected chi connectivity index (χ0v) is 13.1. The number of carbonyl (C=O) groups is 2. The van der Waals surface area contributed by atoms with Crippen LogP contribution >= 0.6 is 0 Å². The molecule has 8 heteroatoms. The Kier molecular flexibility index (Phi) is 3.57. The van der Waals surface area contributed by atoms with E-state index in [0.29, 0.717) is 29.0 Å². The Balaban J connectivity index is 1.51. The van der Waals surface area contributed by atoms with Gasteiger partial charge in [-0.3, -0.25) is 9.59 Å². The number of nitrogens with one attached hydrogen (secondary N) is 4. The minimum absolute atomic E-state index is 0.0920. The van der Waals surface area contributed by atoms with Gasteiger partial charge in [-0.15, -0.1) is 0 Å². The number of rotatable bonds is 3. The first kappa shape index (κ1) is 15.1. The molecule has 0 saturated heterocycles. The molecule has 0 saturated carbocycles. The lowest BCUT2D eigenvalue weighted by Gasteiger charge is -2.23. The van der Waals surface area contributed by atoms with E-state index in [9.17, 15) is 14.4 Å². The third-order valence-electron chi connectivity index (χ3n) is 4.23. The van der Waals surface area contributed by atoms with Crippen LogP contribution in [0.25, 0.3) is 11.0 Å². The molecule has 2 amide bonds. The number of hydrogen-bond donors (Lipinski definition) is 4. The van der Waals surface area contributed by atoms with Gasteiger partial charge in [-0.1, -0.05) is 12.1 Å². The number of hydrogen-bond acceptors (Lipinski definition) is 4. The maximum absolute atomic E-state index is 12.6. The van der Waals surface area contributed by atoms with E-state index in [1.165, 1.54) is 0 Å². The highest BCUT2D eigenvalue weighted by molar-refractivity contribution is 6.00. The summed E-state index contributed by atoms with van der Waals surface area (Å²) in [6, 6.07) is 8.95. The normalized spacial score (nSPS) is 16.3. The van der Waals surface area contributed by atoms with Crippen LogP contribution in [0.15, 0.2) is 41.3 Å². The van der Waals surface area contributed by atoms with Crippen LogP contribution in [-0.2, 0) is 16.1 Å². The summed E-state index contributed by atoms with van der Waals surface area (Å²) in [5, 5.41) is 5.53. The minimum Gasteiger partial charge on any atom is -0.351 e. The van der Waals surface area contributed by atoms with E-state index in [4.69, 9.17) is 0 Å². The monoisotopic (exact) mass is 337 g/mol. The highest BCUT2D eigenvalue weighted by Gasteiger charge is 2.31. The number of fused-ring (bicyclic) bond motifs is 2. The number of amides is 2. The van der Waals surface area contributed by atoms with Gasteiger partial charge in [0.1, 0.15) is 5.82 Å². The predicted octanol–water partition coefficient (Wildman–Crippen LogP) is 0.993. The largest absolute Gasteiger partial charge is 0.351 e. The molecule has 1 aromatic carbocycles. The van der Waals surface area contributed by atoms with Gasteiger partial charge < -0.3 is 20.6 Å². The average Bonchev–Trinajstić information content (AvgIpc) is 2.98. The van der Waals surface area contributed by atoms with Gasteiger partial charge in [0, 0.05) is 24.7 Å². The number of nitrogens with zero attached hydrogens (tertiary/aromatic N) is 1. The standard InChI is InChI=1S/C17H15N5O3/c23-14-7-11(10-2-1-5-18-15(10)22-14)16(24)19-8-9-3-4-12-13(6-9)21-17(25)20-12/h1-6,11H,7-8H2,(H,19,24)(H,18,22,23)(H2,20,21,25). The molecule has 1 aliphatic rings. The number of carbonyl (C=O) groups excluding carboxylic acids is 2.